The second-order valence-electron chi connectivity index (χ2n) is 10.2. The molecule has 0 aliphatic rings. The molecule has 0 saturated carbocycles. The predicted octanol–water partition coefficient (Wildman–Crippen LogP) is 9.94. The minimum atomic E-state index is -0.490. The Morgan fingerprint density at radius 2 is 1.05 bits per heavy atom. The summed E-state index contributed by atoms with van der Waals surface area (Å²) in [6.07, 6.45) is 25.5. The maximum absolute atomic E-state index is 11.7. The van der Waals surface area contributed by atoms with Gasteiger partial charge in [-0.15, -0.1) is 0 Å². The third-order valence-corrected chi connectivity index (χ3v) is 6.64. The van der Waals surface area contributed by atoms with E-state index in [9.17, 15) is 14.7 Å². The van der Waals surface area contributed by atoms with Gasteiger partial charge in [0.15, 0.2) is 0 Å². The molecular weight excluding hydrogens is 476 g/mol. The van der Waals surface area contributed by atoms with Crippen LogP contribution in [0.1, 0.15) is 160 Å². The molecule has 1 aromatic carbocycles. The zero-order valence-corrected chi connectivity index (χ0v) is 24.9. The molecule has 0 radical (unpaired) electrons. The largest absolute Gasteiger partial charge is 0.507 e. The zero-order valence-electron chi connectivity index (χ0n) is 24.9. The fraction of sp³-hybridized carbons (Fsp3) is 0.758. The Hall–Kier alpha value is -2.04. The summed E-state index contributed by atoms with van der Waals surface area (Å²) in [6, 6.07) is 6.30. The third kappa shape index (κ3) is 23.1. The monoisotopic (exact) mass is 534 g/mol. The van der Waals surface area contributed by atoms with Crippen LogP contribution in [0.4, 0.5) is 0 Å². The fourth-order valence-corrected chi connectivity index (χ4v) is 4.28. The molecule has 0 aromatic heterocycles. The van der Waals surface area contributed by atoms with Gasteiger partial charge in [0.2, 0.25) is 0 Å². The lowest BCUT2D eigenvalue weighted by Crippen LogP contribution is -2.05. The molecule has 0 aliphatic carbocycles. The number of phenolic OH excluding ortho intramolecular Hbond substituents is 1. The van der Waals surface area contributed by atoms with Gasteiger partial charge in [-0.25, -0.2) is 4.79 Å². The van der Waals surface area contributed by atoms with E-state index in [-0.39, 0.29) is 17.3 Å². The average molecular weight is 535 g/mol. The topological polar surface area (TPSA) is 72.8 Å². The molecule has 5 heteroatoms. The predicted molar refractivity (Wildman–Crippen MR) is 159 cm³/mol. The van der Waals surface area contributed by atoms with Crippen LogP contribution in [0.15, 0.2) is 24.3 Å². The molecule has 0 unspecified atom stereocenters. The Labute approximate surface area is 234 Å². The molecule has 0 amide bonds. The fourth-order valence-electron chi connectivity index (χ4n) is 4.28. The van der Waals surface area contributed by atoms with Crippen LogP contribution in [0, 0.1) is 0 Å². The normalized spacial score (nSPS) is 10.5. The van der Waals surface area contributed by atoms with Gasteiger partial charge in [0.25, 0.3) is 0 Å². The number of hydrogen-bond donors (Lipinski definition) is 1. The molecule has 0 atom stereocenters. The molecule has 0 spiro atoms. The van der Waals surface area contributed by atoms with E-state index in [1.165, 1.54) is 121 Å². The first kappa shape index (κ1) is 36.0. The van der Waals surface area contributed by atoms with Gasteiger partial charge in [-0.05, 0) is 31.9 Å². The van der Waals surface area contributed by atoms with Gasteiger partial charge in [-0.2, -0.15) is 0 Å². The summed E-state index contributed by atoms with van der Waals surface area (Å²) in [7, 11) is 0. The highest BCUT2D eigenvalue weighted by molar-refractivity contribution is 5.92. The number of rotatable bonds is 23. The van der Waals surface area contributed by atoms with Gasteiger partial charge in [0, 0.05) is 6.42 Å². The van der Waals surface area contributed by atoms with Gasteiger partial charge in [-0.3, -0.25) is 4.79 Å². The molecule has 0 fully saturated rings. The maximum Gasteiger partial charge on any atom is 0.341 e. The number of carbonyl (C=O) groups excluding carboxylic acids is 2. The maximum atomic E-state index is 11.7. The highest BCUT2D eigenvalue weighted by Gasteiger charge is 2.09. The highest BCUT2D eigenvalue weighted by Crippen LogP contribution is 2.16. The molecule has 38 heavy (non-hydrogen) atoms. The van der Waals surface area contributed by atoms with E-state index in [0.29, 0.717) is 19.6 Å². The van der Waals surface area contributed by atoms with Crippen molar-refractivity contribution in [2.75, 3.05) is 13.2 Å². The lowest BCUT2D eigenvalue weighted by molar-refractivity contribution is -0.143. The van der Waals surface area contributed by atoms with Crippen molar-refractivity contribution in [1.82, 2.24) is 0 Å². The lowest BCUT2D eigenvalue weighted by atomic mass is 10.0. The van der Waals surface area contributed by atoms with Crippen LogP contribution < -0.4 is 0 Å². The van der Waals surface area contributed by atoms with Crippen molar-refractivity contribution in [1.29, 1.82) is 0 Å². The van der Waals surface area contributed by atoms with Crippen molar-refractivity contribution < 1.29 is 24.2 Å². The third-order valence-electron chi connectivity index (χ3n) is 6.64. The SMILES string of the molecule is CCCCCCCCCCCCCCCC(=O)OCCCCCCCC.CCOC(=O)c1ccccc1O. The summed E-state index contributed by atoms with van der Waals surface area (Å²) in [5.74, 6) is -0.520. The highest BCUT2D eigenvalue weighted by atomic mass is 16.5. The van der Waals surface area contributed by atoms with Gasteiger partial charge >= 0.3 is 11.9 Å². The molecule has 1 N–H and O–H groups in total. The van der Waals surface area contributed by atoms with Crippen LogP contribution >= 0.6 is 0 Å². The standard InChI is InChI=1S/C24H48O2.C9H10O3/c1-3-5-7-9-11-12-13-14-15-16-17-18-20-22-24(25)26-23-21-19-10-8-6-4-2;1-2-12-9(11)7-5-3-4-6-8(7)10/h3-23H2,1-2H3;3-6,10H,2H2,1H3. The van der Waals surface area contributed by atoms with E-state index in [0.717, 1.165) is 12.8 Å². The van der Waals surface area contributed by atoms with Crippen molar-refractivity contribution in [3.05, 3.63) is 29.8 Å². The number of hydrogen-bond acceptors (Lipinski definition) is 5. The summed E-state index contributed by atoms with van der Waals surface area (Å²) in [4.78, 5) is 22.7. The molecular formula is C33H58O5. The summed E-state index contributed by atoms with van der Waals surface area (Å²) in [5, 5.41) is 9.21. The Bertz CT molecular complexity index is 673. The number of aromatic hydroxyl groups is 1. The molecule has 0 aliphatic heterocycles. The molecule has 0 heterocycles. The molecule has 220 valence electrons. The van der Waals surface area contributed by atoms with Crippen molar-refractivity contribution in [3.63, 3.8) is 0 Å². The number of para-hydroxylation sites is 1. The Balaban J connectivity index is 0.000000942. The Morgan fingerprint density at radius 1 is 0.605 bits per heavy atom. The number of phenols is 1. The van der Waals surface area contributed by atoms with Gasteiger partial charge < -0.3 is 14.6 Å². The van der Waals surface area contributed by atoms with E-state index in [4.69, 9.17) is 9.47 Å². The van der Waals surface area contributed by atoms with E-state index in [1.807, 2.05) is 0 Å². The van der Waals surface area contributed by atoms with Crippen LogP contribution in [-0.4, -0.2) is 30.3 Å². The van der Waals surface area contributed by atoms with Crippen molar-refractivity contribution in [2.24, 2.45) is 0 Å². The molecule has 0 saturated heterocycles. The van der Waals surface area contributed by atoms with Crippen molar-refractivity contribution >= 4 is 11.9 Å². The van der Waals surface area contributed by atoms with E-state index < -0.39 is 5.97 Å². The number of esters is 2. The van der Waals surface area contributed by atoms with Crippen LogP contribution in [0.25, 0.3) is 0 Å². The zero-order chi connectivity index (χ0) is 28.1. The smallest absolute Gasteiger partial charge is 0.341 e. The van der Waals surface area contributed by atoms with Gasteiger partial charge in [0.1, 0.15) is 11.3 Å². The first-order chi connectivity index (χ1) is 18.6. The summed E-state index contributed by atoms with van der Waals surface area (Å²) in [5.41, 5.74) is 0.208. The summed E-state index contributed by atoms with van der Waals surface area (Å²) < 4.78 is 10.0. The minimum Gasteiger partial charge on any atom is -0.507 e. The second-order valence-corrected chi connectivity index (χ2v) is 10.2. The summed E-state index contributed by atoms with van der Waals surface area (Å²) in [6.45, 7) is 7.17. The number of unbranched alkanes of at least 4 members (excludes halogenated alkanes) is 17. The number of carbonyl (C=O) groups is 2. The minimum absolute atomic E-state index is 0.0154. The average Bonchev–Trinajstić information content (AvgIpc) is 2.91. The van der Waals surface area contributed by atoms with E-state index in [1.54, 1.807) is 19.1 Å². The van der Waals surface area contributed by atoms with Crippen molar-refractivity contribution in [2.45, 2.75) is 149 Å². The second kappa shape index (κ2) is 28.0. The molecule has 0 bridgehead atoms. The number of ether oxygens (including phenoxy) is 2. The summed E-state index contributed by atoms with van der Waals surface area (Å²) >= 11 is 0. The van der Waals surface area contributed by atoms with Crippen LogP contribution in [-0.2, 0) is 14.3 Å². The Morgan fingerprint density at radius 3 is 1.53 bits per heavy atom. The molecule has 5 nitrogen and oxygen atoms in total. The quantitative estimate of drug-likeness (QED) is 0.112. The van der Waals surface area contributed by atoms with Gasteiger partial charge in [0.05, 0.1) is 13.2 Å². The van der Waals surface area contributed by atoms with Crippen LogP contribution in [0.5, 0.6) is 5.75 Å². The first-order valence-corrected chi connectivity index (χ1v) is 15.7. The van der Waals surface area contributed by atoms with Crippen LogP contribution in [0.2, 0.25) is 0 Å². The first-order valence-electron chi connectivity index (χ1n) is 15.7. The van der Waals surface area contributed by atoms with E-state index in [2.05, 4.69) is 13.8 Å². The van der Waals surface area contributed by atoms with Gasteiger partial charge in [-0.1, -0.05) is 135 Å². The number of benzene rings is 1. The Kier molecular flexibility index (Phi) is 26.5. The van der Waals surface area contributed by atoms with E-state index >= 15 is 0 Å². The lowest BCUT2D eigenvalue weighted by Gasteiger charge is -2.05. The molecule has 1 aromatic rings. The van der Waals surface area contributed by atoms with Crippen molar-refractivity contribution in [3.8, 4) is 5.75 Å². The van der Waals surface area contributed by atoms with Crippen LogP contribution in [0.3, 0.4) is 0 Å². The molecule has 1 rings (SSSR count).